The van der Waals surface area contributed by atoms with Gasteiger partial charge < -0.3 is 15.4 Å². The number of hydrogen-bond donors (Lipinski definition) is 2. The van der Waals surface area contributed by atoms with Gasteiger partial charge in [0.2, 0.25) is 0 Å². The molecule has 0 saturated carbocycles. The molecule has 2 atom stereocenters. The fourth-order valence-corrected chi connectivity index (χ4v) is 3.14. The predicted octanol–water partition coefficient (Wildman–Crippen LogP) is 3.49. The van der Waals surface area contributed by atoms with Gasteiger partial charge in [0.05, 0.1) is 17.3 Å². The third kappa shape index (κ3) is 11.6. The molecule has 0 amide bonds. The van der Waals surface area contributed by atoms with Gasteiger partial charge in [-0.1, -0.05) is 30.7 Å². The molecule has 1 rings (SSSR count). The number of nitrogens with zero attached hydrogens (tertiary/aromatic N) is 1. The van der Waals surface area contributed by atoms with Crippen molar-refractivity contribution in [2.24, 2.45) is 4.99 Å². The summed E-state index contributed by atoms with van der Waals surface area (Å²) in [5.74, 6) is 1.44. The summed E-state index contributed by atoms with van der Waals surface area (Å²) in [4.78, 5) is 4.57. The van der Waals surface area contributed by atoms with Gasteiger partial charge in [-0.2, -0.15) is 0 Å². The molecule has 9 heteroatoms. The zero-order valence-corrected chi connectivity index (χ0v) is 20.3. The molecule has 6 nitrogen and oxygen atoms in total. The van der Waals surface area contributed by atoms with Crippen LogP contribution in [0, 0.1) is 0 Å². The maximum Gasteiger partial charge on any atom is 0.191 e. The molecule has 0 aliphatic carbocycles. The normalized spacial score (nSPS) is 14.0. The number of guanidine groups is 1. The molecule has 2 N–H and O–H groups in total. The maximum atomic E-state index is 11.3. The van der Waals surface area contributed by atoms with Crippen molar-refractivity contribution in [2.45, 2.75) is 45.8 Å². The Bertz CT molecular complexity index is 686. The Morgan fingerprint density at radius 2 is 1.96 bits per heavy atom. The second-order valence-electron chi connectivity index (χ2n) is 6.26. The number of hydrogen-bond acceptors (Lipinski definition) is 4. The van der Waals surface area contributed by atoms with E-state index in [0.29, 0.717) is 36.2 Å². The third-order valence-electron chi connectivity index (χ3n) is 3.69. The first-order valence-electron chi connectivity index (χ1n) is 8.88. The van der Waals surface area contributed by atoms with E-state index in [4.69, 9.17) is 16.3 Å². The average molecular weight is 532 g/mol. The number of para-hydroxylation sites is 1. The molecule has 156 valence electrons. The summed E-state index contributed by atoms with van der Waals surface area (Å²) < 4.78 is 28.5. The molecule has 0 saturated heterocycles. The molecule has 0 aliphatic heterocycles. The summed E-state index contributed by atoms with van der Waals surface area (Å²) in [6.07, 6.45) is 2.46. The van der Waals surface area contributed by atoms with Crippen LogP contribution in [0.5, 0.6) is 5.75 Å². The predicted molar refractivity (Wildman–Crippen MR) is 124 cm³/mol. The number of nitrogens with one attached hydrogen (secondary N) is 2. The van der Waals surface area contributed by atoms with Crippen molar-refractivity contribution in [3.05, 3.63) is 29.3 Å². The van der Waals surface area contributed by atoms with Gasteiger partial charge in [-0.05, 0) is 38.8 Å². The monoisotopic (exact) mass is 531 g/mol. The summed E-state index contributed by atoms with van der Waals surface area (Å²) in [5, 5.41) is 6.99. The minimum absolute atomic E-state index is 0. The van der Waals surface area contributed by atoms with Crippen LogP contribution in [0.1, 0.15) is 33.6 Å². The molecule has 27 heavy (non-hydrogen) atoms. The zero-order valence-electron chi connectivity index (χ0n) is 16.4. The second-order valence-corrected chi connectivity index (χ2v) is 8.93. The van der Waals surface area contributed by atoms with Crippen molar-refractivity contribution in [3.8, 4) is 5.75 Å². The Labute approximate surface area is 185 Å². The van der Waals surface area contributed by atoms with Gasteiger partial charge in [-0.15, -0.1) is 24.0 Å². The summed E-state index contributed by atoms with van der Waals surface area (Å²) in [6, 6.07) is 7.37. The molecule has 0 aliphatic rings. The molecule has 1 aromatic rings. The molecule has 0 fully saturated rings. The molecule has 0 heterocycles. The Morgan fingerprint density at radius 3 is 2.52 bits per heavy atom. The van der Waals surface area contributed by atoms with Gasteiger partial charge in [0.1, 0.15) is 21.7 Å². The highest BCUT2D eigenvalue weighted by molar-refractivity contribution is 14.0. The molecular weight excluding hydrogens is 501 g/mol. The summed E-state index contributed by atoms with van der Waals surface area (Å²) in [5.41, 5.74) is 0. The highest BCUT2D eigenvalue weighted by atomic mass is 127. The summed E-state index contributed by atoms with van der Waals surface area (Å²) in [6.45, 7) is 7.14. The van der Waals surface area contributed by atoms with Gasteiger partial charge in [-0.3, -0.25) is 0 Å². The first kappa shape index (κ1) is 26.3. The third-order valence-corrected chi connectivity index (χ3v) is 4.98. The Balaban J connectivity index is 0.00000676. The first-order valence-corrected chi connectivity index (χ1v) is 11.3. The number of aliphatic imine (C=N–C) groups is 1. The molecule has 2 unspecified atom stereocenters. The van der Waals surface area contributed by atoms with Crippen molar-refractivity contribution >= 4 is 51.4 Å². The lowest BCUT2D eigenvalue weighted by molar-refractivity contribution is 0.205. The summed E-state index contributed by atoms with van der Waals surface area (Å²) in [7, 11) is -2.97. The minimum atomic E-state index is -2.97. The van der Waals surface area contributed by atoms with Crippen LogP contribution < -0.4 is 15.4 Å². The fourth-order valence-electron chi connectivity index (χ4n) is 2.18. The summed E-state index contributed by atoms with van der Waals surface area (Å²) >= 11 is 6.14. The first-order chi connectivity index (χ1) is 12.2. The van der Waals surface area contributed by atoms with Crippen LogP contribution in [0.15, 0.2) is 29.3 Å². The minimum Gasteiger partial charge on any atom is -0.487 e. The van der Waals surface area contributed by atoms with Crippen LogP contribution in [-0.2, 0) is 9.84 Å². The van der Waals surface area contributed by atoms with Gasteiger partial charge in [-0.25, -0.2) is 13.4 Å². The van der Waals surface area contributed by atoms with Gasteiger partial charge >= 0.3 is 0 Å². The largest absolute Gasteiger partial charge is 0.487 e. The molecule has 0 radical (unpaired) electrons. The van der Waals surface area contributed by atoms with E-state index in [0.717, 1.165) is 6.42 Å². The zero-order chi connectivity index (χ0) is 19.6. The van der Waals surface area contributed by atoms with Crippen molar-refractivity contribution < 1.29 is 13.2 Å². The topological polar surface area (TPSA) is 79.8 Å². The van der Waals surface area contributed by atoms with E-state index in [1.807, 2.05) is 39.0 Å². The SMILES string of the molecule is CCNC(=NCC(CC)Oc1ccccc1Cl)NC(C)CCS(C)(=O)=O.I. The van der Waals surface area contributed by atoms with E-state index >= 15 is 0 Å². The van der Waals surface area contributed by atoms with Crippen molar-refractivity contribution in [2.75, 3.05) is 25.1 Å². The number of halogens is 2. The van der Waals surface area contributed by atoms with E-state index in [1.165, 1.54) is 6.26 Å². The lowest BCUT2D eigenvalue weighted by atomic mass is 10.2. The number of rotatable bonds is 10. The van der Waals surface area contributed by atoms with Crippen molar-refractivity contribution in [1.29, 1.82) is 0 Å². The lowest BCUT2D eigenvalue weighted by Gasteiger charge is -2.20. The lowest BCUT2D eigenvalue weighted by Crippen LogP contribution is -2.43. The van der Waals surface area contributed by atoms with Gasteiger partial charge in [0.25, 0.3) is 0 Å². The van der Waals surface area contributed by atoms with Crippen LogP contribution in [0.4, 0.5) is 0 Å². The van der Waals surface area contributed by atoms with Crippen LogP contribution >= 0.6 is 35.6 Å². The van der Waals surface area contributed by atoms with Crippen molar-refractivity contribution in [1.82, 2.24) is 10.6 Å². The fraction of sp³-hybridized carbons (Fsp3) is 0.611. The quantitative estimate of drug-likeness (QED) is 0.274. The van der Waals surface area contributed by atoms with Crippen molar-refractivity contribution in [3.63, 3.8) is 0 Å². The average Bonchev–Trinajstić information content (AvgIpc) is 2.57. The van der Waals surface area contributed by atoms with E-state index < -0.39 is 9.84 Å². The maximum absolute atomic E-state index is 11.3. The second kappa shape index (κ2) is 13.4. The van der Waals surface area contributed by atoms with Gasteiger partial charge in [0, 0.05) is 18.8 Å². The van der Waals surface area contributed by atoms with E-state index in [9.17, 15) is 8.42 Å². The van der Waals surface area contributed by atoms with Crippen LogP contribution in [0.3, 0.4) is 0 Å². The van der Waals surface area contributed by atoms with E-state index in [1.54, 1.807) is 6.07 Å². The van der Waals surface area contributed by atoms with Crippen LogP contribution in [0.2, 0.25) is 5.02 Å². The van der Waals surface area contributed by atoms with Gasteiger partial charge in [0.15, 0.2) is 5.96 Å². The Morgan fingerprint density at radius 1 is 1.30 bits per heavy atom. The Hall–Kier alpha value is -0.740. The Kier molecular flexibility index (Phi) is 13.1. The smallest absolute Gasteiger partial charge is 0.191 e. The highest BCUT2D eigenvalue weighted by Gasteiger charge is 2.12. The number of benzene rings is 1. The highest BCUT2D eigenvalue weighted by Crippen LogP contribution is 2.24. The number of sulfone groups is 1. The van der Waals surface area contributed by atoms with Crippen LogP contribution in [0.25, 0.3) is 0 Å². The van der Waals surface area contributed by atoms with E-state index in [-0.39, 0.29) is 41.9 Å². The molecule has 0 spiro atoms. The molecule has 0 bridgehead atoms. The number of ether oxygens (including phenoxy) is 1. The van der Waals surface area contributed by atoms with E-state index in [2.05, 4.69) is 15.6 Å². The standard InChI is InChI=1S/C18H30ClN3O3S.HI/c1-5-15(25-17-10-8-7-9-16(17)19)13-21-18(20-6-2)22-14(3)11-12-26(4,23)24;/h7-10,14-15H,5-6,11-13H2,1-4H3,(H2,20,21,22);1H. The molecular formula is C18H31ClIN3O3S. The molecule has 0 aromatic heterocycles. The molecule has 1 aromatic carbocycles. The van der Waals surface area contributed by atoms with Crippen LogP contribution in [-0.4, -0.2) is 51.6 Å².